The third-order valence-corrected chi connectivity index (χ3v) is 3.65. The van der Waals surface area contributed by atoms with Crippen molar-refractivity contribution in [2.45, 2.75) is 19.4 Å². The molecule has 0 N–H and O–H groups in total. The number of ether oxygens (including phenoxy) is 1. The number of aromatic nitrogens is 1. The van der Waals surface area contributed by atoms with E-state index in [1.165, 1.54) is 12.1 Å². The minimum atomic E-state index is -0.716. The molecule has 0 aliphatic rings. The van der Waals surface area contributed by atoms with Gasteiger partial charge in [0.25, 0.3) is 5.91 Å². The van der Waals surface area contributed by atoms with E-state index in [1.807, 2.05) is 18.2 Å². The van der Waals surface area contributed by atoms with E-state index in [1.54, 1.807) is 25.1 Å². The fourth-order valence-corrected chi connectivity index (χ4v) is 2.27. The van der Waals surface area contributed by atoms with Crippen LogP contribution >= 0.6 is 11.6 Å². The molecule has 1 amide bonds. The van der Waals surface area contributed by atoms with Gasteiger partial charge in [0.05, 0.1) is 5.02 Å². The summed E-state index contributed by atoms with van der Waals surface area (Å²) in [6.07, 6.45) is 1.67. The minimum absolute atomic E-state index is 0.140. The van der Waals surface area contributed by atoms with Crippen LogP contribution < -0.4 is 4.74 Å². The van der Waals surface area contributed by atoms with E-state index in [0.717, 1.165) is 11.8 Å². The first-order chi connectivity index (χ1) is 11.0. The van der Waals surface area contributed by atoms with Crippen molar-refractivity contribution in [3.05, 3.63) is 59.1 Å². The van der Waals surface area contributed by atoms with Gasteiger partial charge in [0, 0.05) is 31.9 Å². The molecule has 0 radical (unpaired) electrons. The van der Waals surface area contributed by atoms with Gasteiger partial charge in [0.15, 0.2) is 6.10 Å². The van der Waals surface area contributed by atoms with Gasteiger partial charge in [-0.1, -0.05) is 17.7 Å². The number of carbonyl (C=O) groups excluding carboxylic acids is 1. The van der Waals surface area contributed by atoms with Crippen LogP contribution in [0.3, 0.4) is 0 Å². The molecule has 0 aliphatic heterocycles. The summed E-state index contributed by atoms with van der Waals surface area (Å²) in [6, 6.07) is 9.47. The molecule has 0 aliphatic carbocycles. The summed E-state index contributed by atoms with van der Waals surface area (Å²) >= 11 is 5.90. The van der Waals surface area contributed by atoms with Crippen molar-refractivity contribution >= 4 is 17.5 Å². The maximum atomic E-state index is 13.0. The Morgan fingerprint density at radius 3 is 2.83 bits per heavy atom. The van der Waals surface area contributed by atoms with Gasteiger partial charge in [0.2, 0.25) is 0 Å². The van der Waals surface area contributed by atoms with Gasteiger partial charge in [-0.15, -0.1) is 0 Å². The lowest BCUT2D eigenvalue weighted by Gasteiger charge is -2.22. The first-order valence-corrected chi connectivity index (χ1v) is 7.62. The zero-order valence-electron chi connectivity index (χ0n) is 13.0. The Balaban J connectivity index is 1.90. The number of hydrogen-bond donors (Lipinski definition) is 0. The number of carbonyl (C=O) groups is 1. The lowest BCUT2D eigenvalue weighted by Crippen LogP contribution is -2.39. The van der Waals surface area contributed by atoms with Crippen LogP contribution in [0.15, 0.2) is 42.6 Å². The van der Waals surface area contributed by atoms with E-state index in [-0.39, 0.29) is 16.7 Å². The van der Waals surface area contributed by atoms with E-state index >= 15 is 0 Å². The second-order valence-corrected chi connectivity index (χ2v) is 5.57. The van der Waals surface area contributed by atoms with Crippen molar-refractivity contribution in [2.75, 3.05) is 13.6 Å². The fourth-order valence-electron chi connectivity index (χ4n) is 2.06. The van der Waals surface area contributed by atoms with E-state index in [2.05, 4.69) is 4.98 Å². The zero-order valence-corrected chi connectivity index (χ0v) is 13.8. The van der Waals surface area contributed by atoms with E-state index in [4.69, 9.17) is 16.3 Å². The first-order valence-electron chi connectivity index (χ1n) is 7.24. The molecule has 1 aromatic heterocycles. The summed E-state index contributed by atoms with van der Waals surface area (Å²) in [5.74, 6) is -0.345. The standard InChI is InChI=1S/C17H18ClFN2O2/c1-12(23-16-7-6-13(19)11-15(16)18)17(22)21(2)10-8-14-5-3-4-9-20-14/h3-7,9,11-12H,8,10H2,1-2H3/t12-/m0/s1. The number of likely N-dealkylation sites (N-methyl/N-ethyl adjacent to an activating group) is 1. The molecule has 1 heterocycles. The Hall–Kier alpha value is -2.14. The summed E-state index contributed by atoms with van der Waals surface area (Å²) in [5, 5.41) is 0.140. The van der Waals surface area contributed by atoms with Crippen LogP contribution in [0.4, 0.5) is 4.39 Å². The topological polar surface area (TPSA) is 42.4 Å². The highest BCUT2D eigenvalue weighted by Crippen LogP contribution is 2.26. The molecular weight excluding hydrogens is 319 g/mol. The Kier molecular flexibility index (Phi) is 5.93. The molecular formula is C17H18ClFN2O2. The molecule has 0 spiro atoms. The van der Waals surface area contributed by atoms with E-state index in [0.29, 0.717) is 13.0 Å². The van der Waals surface area contributed by atoms with Crippen LogP contribution in [0.1, 0.15) is 12.6 Å². The molecule has 2 aromatic rings. The van der Waals surface area contributed by atoms with Gasteiger partial charge in [-0.2, -0.15) is 0 Å². The van der Waals surface area contributed by atoms with Gasteiger partial charge < -0.3 is 9.64 Å². The molecule has 23 heavy (non-hydrogen) atoms. The summed E-state index contributed by atoms with van der Waals surface area (Å²) in [4.78, 5) is 18.1. The molecule has 122 valence electrons. The summed E-state index contributed by atoms with van der Waals surface area (Å²) in [5.41, 5.74) is 0.919. The van der Waals surface area contributed by atoms with Crippen LogP contribution in [0.5, 0.6) is 5.75 Å². The normalized spacial score (nSPS) is 11.8. The molecule has 0 unspecified atom stereocenters. The number of pyridine rings is 1. The van der Waals surface area contributed by atoms with Gasteiger partial charge in [0.1, 0.15) is 11.6 Å². The molecule has 6 heteroatoms. The van der Waals surface area contributed by atoms with Gasteiger partial charge in [-0.3, -0.25) is 9.78 Å². The van der Waals surface area contributed by atoms with Crippen LogP contribution in [-0.4, -0.2) is 35.5 Å². The van der Waals surface area contributed by atoms with E-state index < -0.39 is 11.9 Å². The molecule has 0 bridgehead atoms. The van der Waals surface area contributed by atoms with Crippen molar-refractivity contribution < 1.29 is 13.9 Å². The Morgan fingerprint density at radius 2 is 2.17 bits per heavy atom. The average Bonchev–Trinajstić information content (AvgIpc) is 2.55. The number of halogens is 2. The smallest absolute Gasteiger partial charge is 0.263 e. The quantitative estimate of drug-likeness (QED) is 0.812. The van der Waals surface area contributed by atoms with Crippen LogP contribution in [-0.2, 0) is 11.2 Å². The number of amides is 1. The monoisotopic (exact) mass is 336 g/mol. The first kappa shape index (κ1) is 17.2. The largest absolute Gasteiger partial charge is 0.479 e. The van der Waals surface area contributed by atoms with Gasteiger partial charge in [-0.25, -0.2) is 4.39 Å². The van der Waals surface area contributed by atoms with Crippen LogP contribution in [0.25, 0.3) is 0 Å². The highest BCUT2D eigenvalue weighted by Gasteiger charge is 2.20. The zero-order chi connectivity index (χ0) is 16.8. The molecule has 0 saturated carbocycles. The SMILES string of the molecule is C[C@H](Oc1ccc(F)cc1Cl)C(=O)N(C)CCc1ccccn1. The lowest BCUT2D eigenvalue weighted by molar-refractivity contribution is -0.136. The maximum Gasteiger partial charge on any atom is 0.263 e. The van der Waals surface area contributed by atoms with Gasteiger partial charge in [-0.05, 0) is 37.3 Å². The lowest BCUT2D eigenvalue weighted by atomic mass is 10.2. The van der Waals surface area contributed by atoms with Crippen LogP contribution in [0, 0.1) is 5.82 Å². The highest BCUT2D eigenvalue weighted by atomic mass is 35.5. The molecule has 1 atom stereocenters. The predicted octanol–water partition coefficient (Wildman–Crippen LogP) is 3.34. The summed E-state index contributed by atoms with van der Waals surface area (Å²) in [7, 11) is 1.71. The third kappa shape index (κ3) is 4.93. The van der Waals surface area contributed by atoms with Crippen molar-refractivity contribution in [1.29, 1.82) is 0 Å². The predicted molar refractivity (Wildman–Crippen MR) is 87.1 cm³/mol. The Morgan fingerprint density at radius 1 is 1.39 bits per heavy atom. The number of benzene rings is 1. The minimum Gasteiger partial charge on any atom is -0.479 e. The summed E-state index contributed by atoms with van der Waals surface area (Å²) in [6.45, 7) is 2.17. The summed E-state index contributed by atoms with van der Waals surface area (Å²) < 4.78 is 18.5. The fraction of sp³-hybridized carbons (Fsp3) is 0.294. The number of nitrogens with zero attached hydrogens (tertiary/aromatic N) is 2. The molecule has 4 nitrogen and oxygen atoms in total. The number of hydrogen-bond acceptors (Lipinski definition) is 3. The molecule has 1 aromatic carbocycles. The molecule has 0 saturated heterocycles. The maximum absolute atomic E-state index is 13.0. The van der Waals surface area contributed by atoms with Crippen molar-refractivity contribution in [3.8, 4) is 5.75 Å². The van der Waals surface area contributed by atoms with Crippen molar-refractivity contribution in [1.82, 2.24) is 9.88 Å². The Bertz CT molecular complexity index is 667. The third-order valence-electron chi connectivity index (χ3n) is 3.35. The Labute approximate surface area is 139 Å². The van der Waals surface area contributed by atoms with Gasteiger partial charge >= 0.3 is 0 Å². The van der Waals surface area contributed by atoms with Crippen molar-refractivity contribution in [3.63, 3.8) is 0 Å². The number of rotatable bonds is 6. The van der Waals surface area contributed by atoms with E-state index in [9.17, 15) is 9.18 Å². The molecule has 0 fully saturated rings. The van der Waals surface area contributed by atoms with Crippen LogP contribution in [0.2, 0.25) is 5.02 Å². The second-order valence-electron chi connectivity index (χ2n) is 5.17. The highest BCUT2D eigenvalue weighted by molar-refractivity contribution is 6.32. The average molecular weight is 337 g/mol. The second kappa shape index (κ2) is 7.92. The molecule has 2 rings (SSSR count). The van der Waals surface area contributed by atoms with Crippen molar-refractivity contribution in [2.24, 2.45) is 0 Å².